The van der Waals surface area contributed by atoms with Crippen LogP contribution >= 0.6 is 0 Å². The number of aromatic amines is 1. The van der Waals surface area contributed by atoms with E-state index in [1.165, 1.54) is 31.1 Å². The van der Waals surface area contributed by atoms with Gasteiger partial charge in [-0.25, -0.2) is 9.47 Å². The normalized spacial score (nSPS) is 13.2. The molecular weight excluding hydrogens is 486 g/mol. The molecule has 2 aromatic carbocycles. The van der Waals surface area contributed by atoms with Crippen molar-refractivity contribution in [3.8, 4) is 11.6 Å². The van der Waals surface area contributed by atoms with Crippen LogP contribution in [0.4, 0.5) is 23.5 Å². The van der Waals surface area contributed by atoms with Crippen molar-refractivity contribution < 1.29 is 9.84 Å². The minimum Gasteiger partial charge on any atom is -0.497 e. The van der Waals surface area contributed by atoms with Crippen LogP contribution in [0.2, 0.25) is 0 Å². The average molecular weight is 518 g/mol. The standard InChI is InChI=1S/C26H31N9O3/c1-38-21-11-7-19(8-12-21)16-28-24-30-23(31-25(32-24)33-35-17-22(36)29-26(35)37)27-15-18-5-9-20(10-6-18)34-13-3-2-4-14-34/h5-12,17,36H,2-4,13-16H2,1H3,(H,29,37)(H3,27,28,30,31,32,33). The number of aromatic nitrogens is 5. The molecule has 12 nitrogen and oxygen atoms in total. The Balaban J connectivity index is 1.30. The molecule has 5 rings (SSSR count). The lowest BCUT2D eigenvalue weighted by Gasteiger charge is -2.28. The Morgan fingerprint density at radius 1 is 0.868 bits per heavy atom. The van der Waals surface area contributed by atoms with Gasteiger partial charge < -0.3 is 25.4 Å². The number of aromatic hydroxyl groups is 1. The number of nitrogens with one attached hydrogen (secondary N) is 4. The highest BCUT2D eigenvalue weighted by atomic mass is 16.5. The van der Waals surface area contributed by atoms with E-state index in [9.17, 15) is 9.90 Å². The molecule has 4 aromatic rings. The van der Waals surface area contributed by atoms with Gasteiger partial charge in [0.2, 0.25) is 23.7 Å². The molecule has 0 unspecified atom stereocenters. The number of anilines is 4. The van der Waals surface area contributed by atoms with E-state index in [1.807, 2.05) is 24.3 Å². The zero-order chi connectivity index (χ0) is 26.3. The summed E-state index contributed by atoms with van der Waals surface area (Å²) in [5, 5.41) is 16.0. The maximum Gasteiger partial charge on any atom is 0.347 e. The Hall–Kier alpha value is -4.74. The molecule has 0 atom stereocenters. The van der Waals surface area contributed by atoms with Crippen LogP contribution in [0.5, 0.6) is 11.6 Å². The minimum absolute atomic E-state index is 0.126. The SMILES string of the molecule is COc1ccc(CNc2nc(NCc3ccc(N4CCCCC4)cc3)nc(Nn3cc(O)[nH]c3=O)n2)cc1. The van der Waals surface area contributed by atoms with Gasteiger partial charge in [0.1, 0.15) is 5.75 Å². The van der Waals surface area contributed by atoms with Crippen molar-refractivity contribution in [1.29, 1.82) is 0 Å². The quantitative estimate of drug-likeness (QED) is 0.213. The van der Waals surface area contributed by atoms with Crippen molar-refractivity contribution in [2.45, 2.75) is 32.4 Å². The van der Waals surface area contributed by atoms with Crippen molar-refractivity contribution in [2.24, 2.45) is 0 Å². The molecule has 2 aromatic heterocycles. The fourth-order valence-electron chi connectivity index (χ4n) is 4.24. The van der Waals surface area contributed by atoms with Gasteiger partial charge >= 0.3 is 5.69 Å². The minimum atomic E-state index is -0.557. The molecule has 0 aliphatic carbocycles. The van der Waals surface area contributed by atoms with E-state index < -0.39 is 5.69 Å². The number of rotatable bonds is 10. The highest BCUT2D eigenvalue weighted by Gasteiger charge is 2.12. The summed E-state index contributed by atoms with van der Waals surface area (Å²) in [6.45, 7) is 3.18. The fourth-order valence-corrected chi connectivity index (χ4v) is 4.24. The van der Waals surface area contributed by atoms with Crippen LogP contribution in [0.25, 0.3) is 0 Å². The summed E-state index contributed by atoms with van der Waals surface area (Å²) in [5.41, 5.74) is 5.56. The molecular formula is C26H31N9O3. The molecule has 1 fully saturated rings. The first-order chi connectivity index (χ1) is 18.6. The Labute approximate surface area is 219 Å². The molecule has 0 bridgehead atoms. The molecule has 38 heavy (non-hydrogen) atoms. The maximum atomic E-state index is 12.0. The van der Waals surface area contributed by atoms with Crippen LogP contribution in [0, 0.1) is 0 Å². The number of nitrogens with zero attached hydrogens (tertiary/aromatic N) is 5. The molecule has 0 spiro atoms. The lowest BCUT2D eigenvalue weighted by atomic mass is 10.1. The summed E-state index contributed by atoms with van der Waals surface area (Å²) in [5.74, 6) is 1.26. The van der Waals surface area contributed by atoms with Gasteiger partial charge in [0.15, 0.2) is 0 Å². The number of piperidine rings is 1. The highest BCUT2D eigenvalue weighted by Crippen LogP contribution is 2.21. The summed E-state index contributed by atoms with van der Waals surface area (Å²) in [7, 11) is 1.62. The van der Waals surface area contributed by atoms with Gasteiger partial charge in [0, 0.05) is 31.9 Å². The molecule has 1 saturated heterocycles. The van der Waals surface area contributed by atoms with Crippen molar-refractivity contribution in [1.82, 2.24) is 24.6 Å². The summed E-state index contributed by atoms with van der Waals surface area (Å²) in [4.78, 5) is 30.0. The molecule has 198 valence electrons. The monoisotopic (exact) mass is 517 g/mol. The number of hydrogen-bond donors (Lipinski definition) is 5. The first-order valence-electron chi connectivity index (χ1n) is 12.5. The summed E-state index contributed by atoms with van der Waals surface area (Å²) < 4.78 is 6.27. The van der Waals surface area contributed by atoms with Gasteiger partial charge in [0.05, 0.1) is 13.3 Å². The van der Waals surface area contributed by atoms with E-state index >= 15 is 0 Å². The molecule has 1 aliphatic rings. The van der Waals surface area contributed by atoms with Crippen LogP contribution < -0.4 is 31.4 Å². The zero-order valence-corrected chi connectivity index (χ0v) is 21.1. The van der Waals surface area contributed by atoms with Crippen LogP contribution in [0.15, 0.2) is 59.5 Å². The Morgan fingerprint density at radius 2 is 1.45 bits per heavy atom. The van der Waals surface area contributed by atoms with Crippen molar-refractivity contribution >= 4 is 23.5 Å². The molecule has 0 radical (unpaired) electrons. The van der Waals surface area contributed by atoms with E-state index in [0.29, 0.717) is 25.0 Å². The molecule has 1 aliphatic heterocycles. The lowest BCUT2D eigenvalue weighted by Crippen LogP contribution is -2.29. The molecule has 5 N–H and O–H groups in total. The molecule has 0 saturated carbocycles. The van der Waals surface area contributed by atoms with E-state index in [4.69, 9.17) is 4.74 Å². The van der Waals surface area contributed by atoms with E-state index in [-0.39, 0.29) is 11.8 Å². The van der Waals surface area contributed by atoms with Crippen LogP contribution in [-0.4, -0.2) is 49.9 Å². The van der Waals surface area contributed by atoms with Gasteiger partial charge in [-0.15, -0.1) is 0 Å². The second-order valence-corrected chi connectivity index (χ2v) is 9.00. The first-order valence-corrected chi connectivity index (χ1v) is 12.5. The van der Waals surface area contributed by atoms with Gasteiger partial charge in [-0.2, -0.15) is 15.0 Å². The zero-order valence-electron chi connectivity index (χ0n) is 21.1. The number of methoxy groups -OCH3 is 1. The Kier molecular flexibility index (Phi) is 7.57. The highest BCUT2D eigenvalue weighted by molar-refractivity contribution is 5.49. The van der Waals surface area contributed by atoms with Gasteiger partial charge in [-0.1, -0.05) is 24.3 Å². The van der Waals surface area contributed by atoms with Crippen LogP contribution in [-0.2, 0) is 13.1 Å². The topological polar surface area (TPSA) is 145 Å². The number of H-pyrrole nitrogens is 1. The summed E-state index contributed by atoms with van der Waals surface area (Å²) in [6.07, 6.45) is 4.98. The van der Waals surface area contributed by atoms with Gasteiger partial charge in [-0.3, -0.25) is 10.4 Å². The van der Waals surface area contributed by atoms with Crippen molar-refractivity contribution in [2.75, 3.05) is 41.2 Å². The second kappa shape index (κ2) is 11.5. The fraction of sp³-hybridized carbons (Fsp3) is 0.308. The third-order valence-corrected chi connectivity index (χ3v) is 6.28. The molecule has 0 amide bonds. The number of ether oxygens (including phenoxy) is 1. The number of imidazole rings is 1. The van der Waals surface area contributed by atoms with E-state index in [0.717, 1.165) is 34.6 Å². The maximum absolute atomic E-state index is 12.0. The van der Waals surface area contributed by atoms with E-state index in [2.05, 4.69) is 65.2 Å². The van der Waals surface area contributed by atoms with Gasteiger partial charge in [-0.05, 0) is 54.7 Å². The first kappa shape index (κ1) is 24.9. The lowest BCUT2D eigenvalue weighted by molar-refractivity contribution is 0.414. The molecule has 12 heteroatoms. The smallest absolute Gasteiger partial charge is 0.347 e. The average Bonchev–Trinajstić information content (AvgIpc) is 3.27. The summed E-state index contributed by atoms with van der Waals surface area (Å²) in [6, 6.07) is 16.1. The number of hydrogen-bond acceptors (Lipinski definition) is 10. The van der Waals surface area contributed by atoms with Crippen molar-refractivity contribution in [3.63, 3.8) is 0 Å². The van der Waals surface area contributed by atoms with E-state index in [1.54, 1.807) is 7.11 Å². The van der Waals surface area contributed by atoms with Crippen LogP contribution in [0.1, 0.15) is 30.4 Å². The predicted octanol–water partition coefficient (Wildman–Crippen LogP) is 3.17. The second-order valence-electron chi connectivity index (χ2n) is 9.00. The van der Waals surface area contributed by atoms with Crippen molar-refractivity contribution in [3.05, 3.63) is 76.3 Å². The third-order valence-electron chi connectivity index (χ3n) is 6.28. The molecule has 3 heterocycles. The third kappa shape index (κ3) is 6.33. The van der Waals surface area contributed by atoms with Crippen LogP contribution in [0.3, 0.4) is 0 Å². The number of benzene rings is 2. The Morgan fingerprint density at radius 3 is 2.00 bits per heavy atom. The van der Waals surface area contributed by atoms with Gasteiger partial charge in [0.25, 0.3) is 0 Å². The summed E-state index contributed by atoms with van der Waals surface area (Å²) >= 11 is 0. The predicted molar refractivity (Wildman–Crippen MR) is 146 cm³/mol. The largest absolute Gasteiger partial charge is 0.497 e. The Bertz CT molecular complexity index is 1390.